The molecule has 0 saturated carbocycles. The second-order valence-corrected chi connectivity index (χ2v) is 10.4. The summed E-state index contributed by atoms with van der Waals surface area (Å²) in [5.41, 5.74) is -5.13. The monoisotopic (exact) mass is 644 g/mol. The molecule has 0 aliphatic rings. The third-order valence-corrected chi connectivity index (χ3v) is 6.86. The minimum absolute atomic E-state index is 0.0999. The minimum atomic E-state index is -5.15. The van der Waals surface area contributed by atoms with Gasteiger partial charge >= 0.3 is 34.7 Å². The van der Waals surface area contributed by atoms with Crippen LogP contribution >= 0.6 is 0 Å². The second-order valence-electron chi connectivity index (χ2n) is 8.85. The maximum Gasteiger partial charge on any atom is 0.416 e. The lowest BCUT2D eigenvalue weighted by molar-refractivity contribution is -0.143. The molecule has 234 valence electrons. The quantitative estimate of drug-likeness (QED) is 0.197. The summed E-state index contributed by atoms with van der Waals surface area (Å²) in [5.74, 6) is -0.352. The van der Waals surface area contributed by atoms with Gasteiger partial charge in [0.15, 0.2) is 0 Å². The molecule has 17 heteroatoms. The molecule has 0 unspecified atom stereocenters. The van der Waals surface area contributed by atoms with Gasteiger partial charge in [-0.05, 0) is 54.1 Å². The smallest absolute Gasteiger partial charge is 0.383 e. The molecule has 2 amide bonds. The number of hydrogen-bond donors (Lipinski definition) is 1. The van der Waals surface area contributed by atoms with Gasteiger partial charge in [0.1, 0.15) is 10.6 Å². The fraction of sp³-hybridized carbons (Fsp3) is 0.269. The van der Waals surface area contributed by atoms with E-state index in [4.69, 9.17) is 8.92 Å². The molecule has 0 aliphatic heterocycles. The van der Waals surface area contributed by atoms with Crippen molar-refractivity contribution in [1.29, 1.82) is 0 Å². The van der Waals surface area contributed by atoms with Crippen molar-refractivity contribution in [3.8, 4) is 5.75 Å². The number of nitrogens with one attached hydrogen (secondary N) is 1. The number of ether oxygens (including phenoxy) is 1. The number of hydrogen-bond acceptors (Lipinski definition) is 5. The Bertz CT molecular complexity index is 1520. The standard InChI is InChI=1S/C26H21F9N2O5S/c1-41-9-8-37(23(38)36-20-12-18(25(30,31)32)11-19(13-20)26(33,34)35)15-16-4-2-6-21(10-16)42-43(39,40)22-7-3-5-17(14-22)24(27,28)29/h2-7,10-14H,8-9,15H2,1H3,(H,36,38). The number of carbonyl (C=O) groups excluding carboxylic acids is 1. The molecule has 0 aromatic heterocycles. The summed E-state index contributed by atoms with van der Waals surface area (Å²) >= 11 is 0. The van der Waals surface area contributed by atoms with Crippen molar-refractivity contribution in [3.63, 3.8) is 0 Å². The molecule has 3 aromatic carbocycles. The van der Waals surface area contributed by atoms with Gasteiger partial charge in [-0.2, -0.15) is 47.9 Å². The van der Waals surface area contributed by atoms with Crippen LogP contribution in [0.2, 0.25) is 0 Å². The van der Waals surface area contributed by atoms with Gasteiger partial charge in [-0.25, -0.2) is 4.79 Å². The molecule has 3 rings (SSSR count). The highest BCUT2D eigenvalue weighted by atomic mass is 32.2. The number of amides is 2. The first kappa shape index (κ1) is 33.5. The Kier molecular flexibility index (Phi) is 9.90. The first-order chi connectivity index (χ1) is 19.8. The van der Waals surface area contributed by atoms with Crippen molar-refractivity contribution >= 4 is 21.8 Å². The number of rotatable bonds is 9. The van der Waals surface area contributed by atoms with Crippen LogP contribution in [-0.4, -0.2) is 39.6 Å². The molecule has 0 radical (unpaired) electrons. The third kappa shape index (κ3) is 9.25. The van der Waals surface area contributed by atoms with Crippen LogP contribution in [0.5, 0.6) is 5.75 Å². The molecule has 7 nitrogen and oxygen atoms in total. The summed E-state index contributed by atoms with van der Waals surface area (Å²) in [5, 5.41) is 2.00. The van der Waals surface area contributed by atoms with E-state index in [9.17, 15) is 52.7 Å². The zero-order chi connectivity index (χ0) is 32.2. The van der Waals surface area contributed by atoms with E-state index in [2.05, 4.69) is 0 Å². The Hall–Kier alpha value is -3.99. The number of urea groups is 1. The van der Waals surface area contributed by atoms with Crippen LogP contribution in [0.25, 0.3) is 0 Å². The van der Waals surface area contributed by atoms with Crippen LogP contribution in [0, 0.1) is 0 Å². The van der Waals surface area contributed by atoms with Crippen molar-refractivity contribution < 1.29 is 61.6 Å². The normalized spacial score (nSPS) is 12.6. The van der Waals surface area contributed by atoms with Crippen LogP contribution in [0.3, 0.4) is 0 Å². The van der Waals surface area contributed by atoms with E-state index >= 15 is 0 Å². The van der Waals surface area contributed by atoms with Gasteiger partial charge < -0.3 is 19.1 Å². The highest BCUT2D eigenvalue weighted by Gasteiger charge is 2.37. The maximum absolute atomic E-state index is 13.2. The molecule has 3 aromatic rings. The lowest BCUT2D eigenvalue weighted by Crippen LogP contribution is -2.37. The van der Waals surface area contributed by atoms with Crippen LogP contribution < -0.4 is 9.50 Å². The summed E-state index contributed by atoms with van der Waals surface area (Å²) in [7, 11) is -3.47. The number of halogens is 9. The molecule has 0 atom stereocenters. The molecule has 43 heavy (non-hydrogen) atoms. The zero-order valence-corrected chi connectivity index (χ0v) is 22.6. The minimum Gasteiger partial charge on any atom is -0.383 e. The molecule has 1 N–H and O–H groups in total. The van der Waals surface area contributed by atoms with E-state index in [-0.39, 0.29) is 37.1 Å². The van der Waals surface area contributed by atoms with Crippen LogP contribution in [0.1, 0.15) is 22.3 Å². The predicted octanol–water partition coefficient (Wildman–Crippen LogP) is 7.19. The number of methoxy groups -OCH3 is 1. The van der Waals surface area contributed by atoms with E-state index in [1.54, 1.807) is 0 Å². The fourth-order valence-corrected chi connectivity index (χ4v) is 4.57. The number of nitrogens with zero attached hydrogens (tertiary/aromatic N) is 1. The van der Waals surface area contributed by atoms with Crippen LogP contribution in [-0.2, 0) is 39.9 Å². The van der Waals surface area contributed by atoms with Crippen molar-refractivity contribution in [2.75, 3.05) is 25.6 Å². The fourth-order valence-electron chi connectivity index (χ4n) is 3.60. The summed E-state index contributed by atoms with van der Waals surface area (Å²) in [6.45, 7) is -0.675. The molecule has 0 saturated heterocycles. The molecule has 0 heterocycles. The molecule has 0 bridgehead atoms. The van der Waals surface area contributed by atoms with Crippen molar-refractivity contribution in [3.05, 3.63) is 89.0 Å². The van der Waals surface area contributed by atoms with E-state index in [0.29, 0.717) is 24.3 Å². The molecular weight excluding hydrogens is 623 g/mol. The Morgan fingerprint density at radius 1 is 0.791 bits per heavy atom. The Labute approximate surface area is 238 Å². The van der Waals surface area contributed by atoms with Gasteiger partial charge in [-0.15, -0.1) is 0 Å². The largest absolute Gasteiger partial charge is 0.416 e. The average molecular weight is 645 g/mol. The van der Waals surface area contributed by atoms with E-state index in [0.717, 1.165) is 29.2 Å². The van der Waals surface area contributed by atoms with Gasteiger partial charge in [-0.3, -0.25) is 0 Å². The molecule has 0 aliphatic carbocycles. The van der Waals surface area contributed by atoms with Crippen molar-refractivity contribution in [2.24, 2.45) is 0 Å². The Balaban J connectivity index is 1.85. The second kappa shape index (κ2) is 12.7. The topological polar surface area (TPSA) is 84.9 Å². The molecular formula is C26H21F9N2O5S. The summed E-state index contributed by atoms with van der Waals surface area (Å²) < 4.78 is 153. The zero-order valence-electron chi connectivity index (χ0n) is 21.8. The van der Waals surface area contributed by atoms with Crippen molar-refractivity contribution in [1.82, 2.24) is 4.90 Å². The maximum atomic E-state index is 13.2. The highest BCUT2D eigenvalue weighted by Crippen LogP contribution is 2.38. The lowest BCUT2D eigenvalue weighted by Gasteiger charge is -2.24. The van der Waals surface area contributed by atoms with E-state index in [1.807, 2.05) is 5.32 Å². The Morgan fingerprint density at radius 3 is 1.93 bits per heavy atom. The molecule has 0 fully saturated rings. The van der Waals surface area contributed by atoms with Crippen LogP contribution in [0.4, 0.5) is 50.0 Å². The number of benzene rings is 3. The summed E-state index contributed by atoms with van der Waals surface area (Å²) in [6.07, 6.45) is -15.1. The first-order valence-corrected chi connectivity index (χ1v) is 13.3. The van der Waals surface area contributed by atoms with Crippen molar-refractivity contribution in [2.45, 2.75) is 30.0 Å². The lowest BCUT2D eigenvalue weighted by atomic mass is 10.1. The third-order valence-electron chi connectivity index (χ3n) is 5.62. The van der Waals surface area contributed by atoms with Gasteiger partial charge in [-0.1, -0.05) is 18.2 Å². The van der Waals surface area contributed by atoms with Crippen LogP contribution in [0.15, 0.2) is 71.6 Å². The van der Waals surface area contributed by atoms with Gasteiger partial charge in [0.2, 0.25) is 0 Å². The summed E-state index contributed by atoms with van der Waals surface area (Å²) in [6, 6.07) is 7.24. The SMILES string of the molecule is COCCN(Cc1cccc(OS(=O)(=O)c2cccc(C(F)(F)F)c2)c1)C(=O)Nc1cc(C(F)(F)F)cc(C(F)(F)F)c1. The van der Waals surface area contributed by atoms with E-state index in [1.165, 1.54) is 19.2 Å². The number of anilines is 1. The van der Waals surface area contributed by atoms with Gasteiger partial charge in [0.05, 0.1) is 23.3 Å². The summed E-state index contributed by atoms with van der Waals surface area (Å²) in [4.78, 5) is 13.1. The number of alkyl halides is 9. The first-order valence-electron chi connectivity index (χ1n) is 11.8. The van der Waals surface area contributed by atoms with E-state index < -0.39 is 62.0 Å². The number of carbonyl (C=O) groups is 1. The predicted molar refractivity (Wildman–Crippen MR) is 133 cm³/mol. The average Bonchev–Trinajstić information content (AvgIpc) is 2.89. The Morgan fingerprint density at radius 2 is 1.37 bits per heavy atom. The molecule has 0 spiro atoms. The van der Waals surface area contributed by atoms with Gasteiger partial charge in [0.25, 0.3) is 0 Å². The highest BCUT2D eigenvalue weighted by molar-refractivity contribution is 7.87. The van der Waals surface area contributed by atoms with Gasteiger partial charge in [0, 0.05) is 25.9 Å².